The first kappa shape index (κ1) is 14.5. The first-order chi connectivity index (χ1) is 9.60. The van der Waals surface area contributed by atoms with E-state index in [2.05, 4.69) is 5.32 Å². The van der Waals surface area contributed by atoms with E-state index in [0.29, 0.717) is 12.2 Å². The summed E-state index contributed by atoms with van der Waals surface area (Å²) in [5.41, 5.74) is 2.17. The van der Waals surface area contributed by atoms with Crippen LogP contribution in [0.4, 0.5) is 14.5 Å². The molecular formula is C16H17F2NO. The van der Waals surface area contributed by atoms with Gasteiger partial charge in [-0.05, 0) is 42.8 Å². The van der Waals surface area contributed by atoms with E-state index in [1.807, 2.05) is 24.3 Å². The predicted molar refractivity (Wildman–Crippen MR) is 75.6 cm³/mol. The summed E-state index contributed by atoms with van der Waals surface area (Å²) >= 11 is 0. The van der Waals surface area contributed by atoms with E-state index in [0.717, 1.165) is 23.4 Å². The molecule has 0 spiro atoms. The summed E-state index contributed by atoms with van der Waals surface area (Å²) < 4.78 is 32.0. The third-order valence-corrected chi connectivity index (χ3v) is 3.05. The van der Waals surface area contributed by atoms with Gasteiger partial charge >= 0.3 is 0 Å². The molecule has 0 radical (unpaired) electrons. The van der Waals surface area contributed by atoms with Crippen molar-refractivity contribution in [2.45, 2.75) is 19.6 Å². The first-order valence-electron chi connectivity index (χ1n) is 6.39. The number of benzene rings is 2. The molecule has 0 saturated heterocycles. The Morgan fingerprint density at radius 3 is 2.70 bits per heavy atom. The Morgan fingerprint density at radius 2 is 1.95 bits per heavy atom. The fourth-order valence-corrected chi connectivity index (χ4v) is 2.09. The van der Waals surface area contributed by atoms with E-state index in [1.165, 1.54) is 6.07 Å². The van der Waals surface area contributed by atoms with Crippen molar-refractivity contribution in [2.75, 3.05) is 12.4 Å². The van der Waals surface area contributed by atoms with Gasteiger partial charge in [-0.25, -0.2) is 8.78 Å². The average molecular weight is 277 g/mol. The molecule has 2 aromatic carbocycles. The molecule has 4 heteroatoms. The summed E-state index contributed by atoms with van der Waals surface area (Å²) in [5, 5.41) is 3.16. The fraction of sp³-hybridized carbons (Fsp3) is 0.250. The molecule has 0 aliphatic rings. The van der Waals surface area contributed by atoms with Crippen molar-refractivity contribution < 1.29 is 13.5 Å². The molecule has 106 valence electrons. The van der Waals surface area contributed by atoms with Gasteiger partial charge in [0, 0.05) is 18.4 Å². The summed E-state index contributed by atoms with van der Waals surface area (Å²) in [6.45, 7) is 2.30. The molecule has 1 N–H and O–H groups in total. The minimum atomic E-state index is -0.441. The van der Waals surface area contributed by atoms with Gasteiger partial charge in [-0.2, -0.15) is 0 Å². The number of anilines is 1. The normalized spacial score (nSPS) is 12.2. The molecule has 0 amide bonds. The van der Waals surface area contributed by atoms with Crippen LogP contribution in [0.3, 0.4) is 0 Å². The summed E-state index contributed by atoms with van der Waals surface area (Å²) in [4.78, 5) is 0. The van der Waals surface area contributed by atoms with Gasteiger partial charge in [-0.15, -0.1) is 0 Å². The van der Waals surface area contributed by atoms with Crippen LogP contribution < -0.4 is 5.32 Å². The van der Waals surface area contributed by atoms with Gasteiger partial charge in [0.05, 0.1) is 12.6 Å². The number of halogens is 2. The number of nitrogens with one attached hydrogen (secondary N) is 1. The summed E-state index contributed by atoms with van der Waals surface area (Å²) in [6.07, 6.45) is 0. The molecule has 1 atom stereocenters. The van der Waals surface area contributed by atoms with Crippen LogP contribution >= 0.6 is 0 Å². The lowest BCUT2D eigenvalue weighted by molar-refractivity contribution is 0.185. The van der Waals surface area contributed by atoms with E-state index in [-0.39, 0.29) is 6.04 Å². The number of rotatable bonds is 5. The molecule has 0 bridgehead atoms. The van der Waals surface area contributed by atoms with Crippen molar-refractivity contribution in [1.29, 1.82) is 0 Å². The Kier molecular flexibility index (Phi) is 4.69. The maximum Gasteiger partial charge on any atom is 0.128 e. The maximum absolute atomic E-state index is 13.7. The van der Waals surface area contributed by atoms with Crippen LogP contribution in [0.15, 0.2) is 42.5 Å². The first-order valence-corrected chi connectivity index (χ1v) is 6.39. The van der Waals surface area contributed by atoms with Gasteiger partial charge in [-0.3, -0.25) is 0 Å². The lowest BCUT2D eigenvalue weighted by atomic mass is 10.1. The highest BCUT2D eigenvalue weighted by molar-refractivity contribution is 5.47. The Morgan fingerprint density at radius 1 is 1.15 bits per heavy atom. The smallest absolute Gasteiger partial charge is 0.128 e. The van der Waals surface area contributed by atoms with Crippen LogP contribution in [0.25, 0.3) is 0 Å². The third kappa shape index (κ3) is 3.54. The van der Waals surface area contributed by atoms with Crippen LogP contribution in [0, 0.1) is 11.6 Å². The summed E-state index contributed by atoms with van der Waals surface area (Å²) in [7, 11) is 1.63. The van der Waals surface area contributed by atoms with Gasteiger partial charge < -0.3 is 10.1 Å². The Hall–Kier alpha value is -1.94. The Labute approximate surface area is 117 Å². The van der Waals surface area contributed by atoms with Crippen molar-refractivity contribution >= 4 is 5.69 Å². The largest absolute Gasteiger partial charge is 0.380 e. The molecule has 2 nitrogen and oxygen atoms in total. The minimum absolute atomic E-state index is 0.308. The number of hydrogen-bond acceptors (Lipinski definition) is 2. The maximum atomic E-state index is 13.7. The molecule has 0 fully saturated rings. The zero-order chi connectivity index (χ0) is 14.5. The second-order valence-corrected chi connectivity index (χ2v) is 4.67. The zero-order valence-electron chi connectivity index (χ0n) is 11.5. The number of methoxy groups -OCH3 is 1. The Balaban J connectivity index is 2.16. The van der Waals surface area contributed by atoms with Crippen molar-refractivity contribution in [2.24, 2.45) is 0 Å². The van der Waals surface area contributed by atoms with Gasteiger partial charge in [0.1, 0.15) is 11.6 Å². The second kappa shape index (κ2) is 6.48. The van der Waals surface area contributed by atoms with Gasteiger partial charge in [0.2, 0.25) is 0 Å². The Bertz CT molecular complexity index is 586. The molecule has 0 aliphatic heterocycles. The molecule has 0 aromatic heterocycles. The highest BCUT2D eigenvalue weighted by atomic mass is 19.1. The van der Waals surface area contributed by atoms with Crippen molar-refractivity contribution in [3.8, 4) is 0 Å². The van der Waals surface area contributed by atoms with Crippen LogP contribution in [0.2, 0.25) is 0 Å². The van der Waals surface area contributed by atoms with Gasteiger partial charge in [0.15, 0.2) is 0 Å². The molecule has 0 aliphatic carbocycles. The fourth-order valence-electron chi connectivity index (χ4n) is 2.09. The monoisotopic (exact) mass is 277 g/mol. The topological polar surface area (TPSA) is 21.3 Å². The van der Waals surface area contributed by atoms with E-state index in [4.69, 9.17) is 4.74 Å². The van der Waals surface area contributed by atoms with Crippen molar-refractivity contribution in [1.82, 2.24) is 0 Å². The molecular weight excluding hydrogens is 260 g/mol. The molecule has 1 unspecified atom stereocenters. The second-order valence-electron chi connectivity index (χ2n) is 4.67. The van der Waals surface area contributed by atoms with Gasteiger partial charge in [-0.1, -0.05) is 12.1 Å². The minimum Gasteiger partial charge on any atom is -0.380 e. The standard InChI is InChI=1S/C16H17F2NO/c1-11(15-9-13(17)6-7-16(15)18)19-14-5-3-4-12(8-14)10-20-2/h3-9,11,19H,10H2,1-2H3. The van der Waals surface area contributed by atoms with E-state index in [9.17, 15) is 8.78 Å². The summed E-state index contributed by atoms with van der Waals surface area (Å²) in [5.74, 6) is -0.859. The highest BCUT2D eigenvalue weighted by Crippen LogP contribution is 2.23. The van der Waals surface area contributed by atoms with Crippen LogP contribution in [0.5, 0.6) is 0 Å². The van der Waals surface area contributed by atoms with E-state index < -0.39 is 11.6 Å². The predicted octanol–water partition coefficient (Wildman–Crippen LogP) is 4.28. The molecule has 0 saturated carbocycles. The molecule has 0 heterocycles. The number of ether oxygens (including phenoxy) is 1. The van der Waals surface area contributed by atoms with Crippen LogP contribution in [-0.2, 0) is 11.3 Å². The number of hydrogen-bond donors (Lipinski definition) is 1. The van der Waals surface area contributed by atoms with E-state index >= 15 is 0 Å². The lowest BCUT2D eigenvalue weighted by Gasteiger charge is -2.17. The summed E-state index contributed by atoms with van der Waals surface area (Å²) in [6, 6.07) is 10.8. The van der Waals surface area contributed by atoms with Crippen LogP contribution in [0.1, 0.15) is 24.1 Å². The molecule has 20 heavy (non-hydrogen) atoms. The van der Waals surface area contributed by atoms with Crippen LogP contribution in [-0.4, -0.2) is 7.11 Å². The third-order valence-electron chi connectivity index (χ3n) is 3.05. The average Bonchev–Trinajstić information content (AvgIpc) is 2.42. The van der Waals surface area contributed by atoms with E-state index in [1.54, 1.807) is 14.0 Å². The molecule has 2 aromatic rings. The SMILES string of the molecule is COCc1cccc(NC(C)c2cc(F)ccc2F)c1. The van der Waals surface area contributed by atoms with Crippen molar-refractivity contribution in [3.05, 3.63) is 65.2 Å². The van der Waals surface area contributed by atoms with Crippen molar-refractivity contribution in [3.63, 3.8) is 0 Å². The highest BCUT2D eigenvalue weighted by Gasteiger charge is 2.12. The lowest BCUT2D eigenvalue weighted by Crippen LogP contribution is -2.09. The zero-order valence-corrected chi connectivity index (χ0v) is 11.5. The molecule has 2 rings (SSSR count). The van der Waals surface area contributed by atoms with Gasteiger partial charge in [0.25, 0.3) is 0 Å². The quantitative estimate of drug-likeness (QED) is 0.880.